The lowest BCUT2D eigenvalue weighted by Gasteiger charge is -2.10. The maximum Gasteiger partial charge on any atom is 0.224 e. The summed E-state index contributed by atoms with van der Waals surface area (Å²) in [5.74, 6) is 7.81. The van der Waals surface area contributed by atoms with Crippen LogP contribution in [0.1, 0.15) is 25.6 Å². The van der Waals surface area contributed by atoms with Crippen molar-refractivity contribution in [3.8, 4) is 11.6 Å². The monoisotopic (exact) mass is 245 g/mol. The normalized spacial score (nSPS) is 10.4. The molecular formula is C12H15N5O. The zero-order chi connectivity index (χ0) is 13.0. The first-order valence-corrected chi connectivity index (χ1v) is 5.62. The molecule has 0 saturated heterocycles. The van der Waals surface area contributed by atoms with Crippen LogP contribution >= 0.6 is 0 Å². The van der Waals surface area contributed by atoms with Crippen LogP contribution in [0.15, 0.2) is 30.6 Å². The standard InChI is InChI=1S/C12H15N5O/c1-8(2)12-15-10(17-13)6-11(16-12)18-9-4-3-5-14-7-9/h3-8H,13H2,1-2H3,(H,15,16,17). The van der Waals surface area contributed by atoms with E-state index in [1.807, 2.05) is 13.8 Å². The third-order valence-corrected chi connectivity index (χ3v) is 2.24. The lowest BCUT2D eigenvalue weighted by Crippen LogP contribution is -2.11. The molecule has 0 aliphatic rings. The Bertz CT molecular complexity index is 515. The predicted octanol–water partition coefficient (Wildman–Crippen LogP) is 2.07. The van der Waals surface area contributed by atoms with Crippen molar-refractivity contribution in [3.05, 3.63) is 36.4 Å². The topological polar surface area (TPSA) is 86.0 Å². The van der Waals surface area contributed by atoms with Crippen LogP contribution in [0.25, 0.3) is 0 Å². The first-order valence-electron chi connectivity index (χ1n) is 5.62. The van der Waals surface area contributed by atoms with Crippen LogP contribution in [0.2, 0.25) is 0 Å². The fourth-order valence-electron chi connectivity index (χ4n) is 1.36. The number of hydrazine groups is 1. The predicted molar refractivity (Wildman–Crippen MR) is 68.2 cm³/mol. The van der Waals surface area contributed by atoms with E-state index < -0.39 is 0 Å². The number of aromatic nitrogens is 3. The Morgan fingerprint density at radius 1 is 1.33 bits per heavy atom. The molecular weight excluding hydrogens is 230 g/mol. The van der Waals surface area contributed by atoms with Gasteiger partial charge in [0.2, 0.25) is 5.88 Å². The maximum atomic E-state index is 5.60. The minimum atomic E-state index is 0.189. The number of rotatable bonds is 4. The van der Waals surface area contributed by atoms with Crippen molar-refractivity contribution in [2.24, 2.45) is 5.84 Å². The Hall–Kier alpha value is -2.21. The zero-order valence-corrected chi connectivity index (χ0v) is 10.3. The highest BCUT2D eigenvalue weighted by atomic mass is 16.5. The average Bonchev–Trinajstić information content (AvgIpc) is 2.39. The number of nitrogens with one attached hydrogen (secondary N) is 1. The summed E-state index contributed by atoms with van der Waals surface area (Å²) < 4.78 is 5.60. The summed E-state index contributed by atoms with van der Waals surface area (Å²) >= 11 is 0. The highest BCUT2D eigenvalue weighted by Crippen LogP contribution is 2.22. The number of hydrogen-bond acceptors (Lipinski definition) is 6. The number of nitrogens with zero attached hydrogens (tertiary/aromatic N) is 3. The second-order valence-electron chi connectivity index (χ2n) is 4.04. The van der Waals surface area contributed by atoms with E-state index in [1.54, 1.807) is 30.6 Å². The molecule has 6 heteroatoms. The van der Waals surface area contributed by atoms with Gasteiger partial charge in [0.15, 0.2) is 0 Å². The van der Waals surface area contributed by atoms with Gasteiger partial charge in [0, 0.05) is 18.2 Å². The Labute approximate surface area is 105 Å². The number of nitrogens with two attached hydrogens (primary N) is 1. The molecule has 2 rings (SSSR count). The summed E-state index contributed by atoms with van der Waals surface area (Å²) in [5.41, 5.74) is 2.50. The van der Waals surface area contributed by atoms with E-state index in [-0.39, 0.29) is 5.92 Å². The van der Waals surface area contributed by atoms with Crippen molar-refractivity contribution < 1.29 is 4.74 Å². The number of ether oxygens (including phenoxy) is 1. The molecule has 0 bridgehead atoms. The molecule has 0 fully saturated rings. The van der Waals surface area contributed by atoms with Crippen LogP contribution in [0.3, 0.4) is 0 Å². The molecule has 0 aliphatic carbocycles. The van der Waals surface area contributed by atoms with Crippen LogP contribution in [0, 0.1) is 0 Å². The van der Waals surface area contributed by atoms with Crippen LogP contribution in [0.4, 0.5) is 5.82 Å². The van der Waals surface area contributed by atoms with Crippen molar-refractivity contribution in [3.63, 3.8) is 0 Å². The van der Waals surface area contributed by atoms with Gasteiger partial charge in [-0.05, 0) is 12.1 Å². The summed E-state index contributed by atoms with van der Waals surface area (Å²) in [6, 6.07) is 5.24. The molecule has 0 aliphatic heterocycles. The molecule has 0 aromatic carbocycles. The number of hydrogen-bond donors (Lipinski definition) is 2. The van der Waals surface area contributed by atoms with E-state index in [0.717, 1.165) is 0 Å². The van der Waals surface area contributed by atoms with Crippen LogP contribution in [-0.2, 0) is 0 Å². The van der Waals surface area contributed by atoms with Crippen LogP contribution in [-0.4, -0.2) is 15.0 Å². The van der Waals surface area contributed by atoms with Gasteiger partial charge in [-0.15, -0.1) is 0 Å². The fourth-order valence-corrected chi connectivity index (χ4v) is 1.36. The molecule has 2 heterocycles. The molecule has 0 saturated carbocycles. The Morgan fingerprint density at radius 3 is 2.78 bits per heavy atom. The van der Waals surface area contributed by atoms with Crippen molar-refractivity contribution in [2.45, 2.75) is 19.8 Å². The van der Waals surface area contributed by atoms with Crippen molar-refractivity contribution in [1.82, 2.24) is 15.0 Å². The molecule has 94 valence electrons. The summed E-state index contributed by atoms with van der Waals surface area (Å²) in [6.45, 7) is 4.01. The average molecular weight is 245 g/mol. The molecule has 0 unspecified atom stereocenters. The molecule has 3 N–H and O–H groups in total. The van der Waals surface area contributed by atoms with Gasteiger partial charge in [0.05, 0.1) is 6.20 Å². The van der Waals surface area contributed by atoms with E-state index in [1.165, 1.54) is 0 Å². The van der Waals surface area contributed by atoms with E-state index in [2.05, 4.69) is 20.4 Å². The van der Waals surface area contributed by atoms with Crippen molar-refractivity contribution in [2.75, 3.05) is 5.43 Å². The first kappa shape index (κ1) is 12.3. The Kier molecular flexibility index (Phi) is 3.69. The molecule has 0 atom stereocenters. The lowest BCUT2D eigenvalue weighted by molar-refractivity contribution is 0.455. The van der Waals surface area contributed by atoms with Crippen molar-refractivity contribution in [1.29, 1.82) is 0 Å². The quantitative estimate of drug-likeness (QED) is 0.633. The third kappa shape index (κ3) is 2.92. The van der Waals surface area contributed by atoms with Gasteiger partial charge in [-0.2, -0.15) is 4.98 Å². The van der Waals surface area contributed by atoms with Gasteiger partial charge < -0.3 is 10.2 Å². The summed E-state index contributed by atoms with van der Waals surface area (Å²) in [5, 5.41) is 0. The summed E-state index contributed by atoms with van der Waals surface area (Å²) in [6.07, 6.45) is 3.30. The number of pyridine rings is 1. The Morgan fingerprint density at radius 2 is 2.17 bits per heavy atom. The SMILES string of the molecule is CC(C)c1nc(NN)cc(Oc2cccnc2)n1. The highest BCUT2D eigenvalue weighted by molar-refractivity contribution is 5.38. The Balaban J connectivity index is 2.30. The molecule has 18 heavy (non-hydrogen) atoms. The van der Waals surface area contributed by atoms with Crippen molar-refractivity contribution >= 4 is 5.82 Å². The van der Waals surface area contributed by atoms with E-state index in [4.69, 9.17) is 10.6 Å². The minimum absolute atomic E-state index is 0.189. The van der Waals surface area contributed by atoms with Gasteiger partial charge in [-0.1, -0.05) is 13.8 Å². The first-order chi connectivity index (χ1) is 8.69. The molecule has 2 aromatic rings. The fraction of sp³-hybridized carbons (Fsp3) is 0.250. The summed E-state index contributed by atoms with van der Waals surface area (Å²) in [4.78, 5) is 12.5. The molecule has 0 spiro atoms. The van der Waals surface area contributed by atoms with Gasteiger partial charge in [0.25, 0.3) is 0 Å². The minimum Gasteiger partial charge on any atom is -0.437 e. The van der Waals surface area contributed by atoms with Crippen LogP contribution in [0.5, 0.6) is 11.6 Å². The van der Waals surface area contributed by atoms with E-state index >= 15 is 0 Å². The maximum absolute atomic E-state index is 5.60. The second-order valence-corrected chi connectivity index (χ2v) is 4.04. The number of nitrogen functional groups attached to an aromatic ring is 1. The summed E-state index contributed by atoms with van der Waals surface area (Å²) in [7, 11) is 0. The third-order valence-electron chi connectivity index (χ3n) is 2.24. The van der Waals surface area contributed by atoms with Gasteiger partial charge >= 0.3 is 0 Å². The lowest BCUT2D eigenvalue weighted by atomic mass is 10.2. The van der Waals surface area contributed by atoms with E-state index in [9.17, 15) is 0 Å². The molecule has 0 radical (unpaired) electrons. The highest BCUT2D eigenvalue weighted by Gasteiger charge is 2.09. The number of anilines is 1. The van der Waals surface area contributed by atoms with E-state index in [0.29, 0.717) is 23.3 Å². The van der Waals surface area contributed by atoms with Crippen LogP contribution < -0.4 is 16.0 Å². The molecule has 2 aromatic heterocycles. The smallest absolute Gasteiger partial charge is 0.224 e. The van der Waals surface area contributed by atoms with Gasteiger partial charge in [-0.3, -0.25) is 4.98 Å². The largest absolute Gasteiger partial charge is 0.437 e. The second kappa shape index (κ2) is 5.42. The molecule has 0 amide bonds. The van der Waals surface area contributed by atoms with Gasteiger partial charge in [0.1, 0.15) is 17.4 Å². The van der Waals surface area contributed by atoms with Gasteiger partial charge in [-0.25, -0.2) is 10.8 Å². The zero-order valence-electron chi connectivity index (χ0n) is 10.3. The molecule has 6 nitrogen and oxygen atoms in total.